The van der Waals surface area contributed by atoms with E-state index in [1.807, 2.05) is 32.0 Å². The van der Waals surface area contributed by atoms with E-state index in [1.54, 1.807) is 0 Å². The van der Waals surface area contributed by atoms with Crippen LogP contribution < -0.4 is 10.6 Å². The molecule has 1 fully saturated rings. The second kappa shape index (κ2) is 15.2. The molecule has 2 amide bonds. The molecule has 202 valence electrons. The van der Waals surface area contributed by atoms with Crippen molar-refractivity contribution in [3.05, 3.63) is 35.9 Å². The number of halogens is 3. The molecule has 0 saturated carbocycles. The Bertz CT molecular complexity index is 837. The number of carbonyl (C=O) groups excluding carboxylic acids is 3. The molecule has 0 spiro atoms. The summed E-state index contributed by atoms with van der Waals surface area (Å²) in [5.41, 5.74) is 1.32. The Morgan fingerprint density at radius 3 is 2.53 bits per heavy atom. The SMILES string of the molecule is CC(C)CCC(=O)N[C@@H](CCCSCC(=O)C(F)(F)F)C(=O)NCCN1CCC(c2ccccc2)C1. The van der Waals surface area contributed by atoms with Crippen molar-refractivity contribution in [1.29, 1.82) is 0 Å². The molecule has 2 N–H and O–H groups in total. The predicted octanol–water partition coefficient (Wildman–Crippen LogP) is 4.16. The van der Waals surface area contributed by atoms with Crippen LogP contribution in [0.3, 0.4) is 0 Å². The number of carbonyl (C=O) groups is 3. The Morgan fingerprint density at radius 2 is 1.86 bits per heavy atom. The Kier molecular flexibility index (Phi) is 12.8. The molecule has 1 aliphatic heterocycles. The molecule has 6 nitrogen and oxygen atoms in total. The second-order valence-corrected chi connectivity index (χ2v) is 10.8. The number of benzene rings is 1. The number of likely N-dealkylation sites (tertiary alicyclic amines) is 1. The summed E-state index contributed by atoms with van der Waals surface area (Å²) in [6.45, 7) is 7.07. The number of nitrogens with one attached hydrogen (secondary N) is 2. The highest BCUT2D eigenvalue weighted by atomic mass is 32.2. The van der Waals surface area contributed by atoms with Gasteiger partial charge in [0.25, 0.3) is 0 Å². The zero-order valence-electron chi connectivity index (χ0n) is 21.1. The van der Waals surface area contributed by atoms with Crippen molar-refractivity contribution in [2.75, 3.05) is 37.7 Å². The normalized spacial score (nSPS) is 17.2. The Morgan fingerprint density at radius 1 is 1.14 bits per heavy atom. The maximum Gasteiger partial charge on any atom is 0.450 e. The van der Waals surface area contributed by atoms with E-state index in [2.05, 4.69) is 27.7 Å². The quantitative estimate of drug-likeness (QED) is 0.334. The van der Waals surface area contributed by atoms with E-state index >= 15 is 0 Å². The van der Waals surface area contributed by atoms with E-state index in [0.717, 1.165) is 31.3 Å². The van der Waals surface area contributed by atoms with E-state index < -0.39 is 23.8 Å². The van der Waals surface area contributed by atoms with Gasteiger partial charge in [0.2, 0.25) is 17.6 Å². The maximum atomic E-state index is 12.8. The van der Waals surface area contributed by atoms with Gasteiger partial charge in [-0.15, -0.1) is 0 Å². The second-order valence-electron chi connectivity index (χ2n) is 9.66. The van der Waals surface area contributed by atoms with E-state index in [4.69, 9.17) is 0 Å². The van der Waals surface area contributed by atoms with Gasteiger partial charge in [0.05, 0.1) is 5.75 Å². The number of alkyl halides is 3. The van der Waals surface area contributed by atoms with Gasteiger partial charge in [-0.1, -0.05) is 44.2 Å². The lowest BCUT2D eigenvalue weighted by molar-refractivity contribution is -0.167. The first-order chi connectivity index (χ1) is 17.1. The highest BCUT2D eigenvalue weighted by Crippen LogP contribution is 2.26. The monoisotopic (exact) mass is 529 g/mol. The first-order valence-electron chi connectivity index (χ1n) is 12.6. The third-order valence-electron chi connectivity index (χ3n) is 6.20. The van der Waals surface area contributed by atoms with Crippen LogP contribution in [0.1, 0.15) is 57.4 Å². The van der Waals surface area contributed by atoms with Gasteiger partial charge in [-0.3, -0.25) is 14.4 Å². The van der Waals surface area contributed by atoms with Gasteiger partial charge in [0.1, 0.15) is 6.04 Å². The molecule has 1 unspecified atom stereocenters. The molecule has 2 atom stereocenters. The molecule has 1 heterocycles. The number of rotatable bonds is 15. The van der Waals surface area contributed by atoms with Crippen molar-refractivity contribution in [3.63, 3.8) is 0 Å². The van der Waals surface area contributed by atoms with E-state index in [1.165, 1.54) is 5.56 Å². The molecule has 36 heavy (non-hydrogen) atoms. The van der Waals surface area contributed by atoms with Crippen molar-refractivity contribution in [3.8, 4) is 0 Å². The van der Waals surface area contributed by atoms with Crippen LogP contribution in [0, 0.1) is 5.92 Å². The molecule has 2 rings (SSSR count). The summed E-state index contributed by atoms with van der Waals surface area (Å²) in [4.78, 5) is 38.5. The predicted molar refractivity (Wildman–Crippen MR) is 137 cm³/mol. The van der Waals surface area contributed by atoms with Crippen LogP contribution in [0.25, 0.3) is 0 Å². The lowest BCUT2D eigenvalue weighted by Gasteiger charge is -2.21. The number of nitrogens with zero attached hydrogens (tertiary/aromatic N) is 1. The van der Waals surface area contributed by atoms with Crippen molar-refractivity contribution in [2.45, 2.75) is 64.1 Å². The van der Waals surface area contributed by atoms with Gasteiger partial charge in [0.15, 0.2) is 0 Å². The van der Waals surface area contributed by atoms with E-state index in [9.17, 15) is 27.6 Å². The van der Waals surface area contributed by atoms with Gasteiger partial charge in [-0.2, -0.15) is 24.9 Å². The lowest BCUT2D eigenvalue weighted by atomic mass is 9.99. The summed E-state index contributed by atoms with van der Waals surface area (Å²) < 4.78 is 37.0. The largest absolute Gasteiger partial charge is 0.450 e. The van der Waals surface area contributed by atoms with Gasteiger partial charge >= 0.3 is 6.18 Å². The average Bonchev–Trinajstić information content (AvgIpc) is 3.30. The topological polar surface area (TPSA) is 78.5 Å². The molecule has 1 aromatic carbocycles. The summed E-state index contributed by atoms with van der Waals surface area (Å²) in [5, 5.41) is 5.69. The standard InChI is InChI=1S/C26H38F3N3O3S/c1-19(2)10-11-24(34)31-22(9-6-16-36-18-23(33)26(27,28)29)25(35)30-13-15-32-14-12-21(17-32)20-7-4-3-5-8-20/h3-5,7-8,19,21-22H,6,9-18H2,1-2H3,(H,30,35)(H,31,34)/t21?,22-/m0/s1. The number of Topliss-reactive ketones (excluding diaryl/α,β-unsaturated/α-hetero) is 1. The molecule has 10 heteroatoms. The summed E-state index contributed by atoms with van der Waals surface area (Å²) >= 11 is 0.887. The van der Waals surface area contributed by atoms with Crippen LogP contribution in [0.2, 0.25) is 0 Å². The average molecular weight is 530 g/mol. The minimum atomic E-state index is -4.82. The third kappa shape index (κ3) is 11.3. The molecular formula is C26H38F3N3O3S. The molecular weight excluding hydrogens is 491 g/mol. The van der Waals surface area contributed by atoms with Crippen LogP contribution in [0.4, 0.5) is 13.2 Å². The summed E-state index contributed by atoms with van der Waals surface area (Å²) in [6.07, 6.45) is -2.04. The zero-order valence-corrected chi connectivity index (χ0v) is 21.9. The van der Waals surface area contributed by atoms with Crippen molar-refractivity contribution in [2.24, 2.45) is 5.92 Å². The van der Waals surface area contributed by atoms with Crippen LogP contribution >= 0.6 is 11.8 Å². The fourth-order valence-electron chi connectivity index (χ4n) is 4.08. The molecule has 0 radical (unpaired) electrons. The first kappa shape index (κ1) is 30.2. The van der Waals surface area contributed by atoms with Gasteiger partial charge in [0, 0.05) is 26.1 Å². The minimum absolute atomic E-state index is 0.214. The highest BCUT2D eigenvalue weighted by Gasteiger charge is 2.37. The summed E-state index contributed by atoms with van der Waals surface area (Å²) in [5.74, 6) is -1.78. The van der Waals surface area contributed by atoms with Crippen LogP contribution in [-0.4, -0.2) is 72.4 Å². The van der Waals surface area contributed by atoms with Crippen LogP contribution in [-0.2, 0) is 14.4 Å². The van der Waals surface area contributed by atoms with E-state index in [-0.39, 0.29) is 11.8 Å². The smallest absolute Gasteiger partial charge is 0.353 e. The van der Waals surface area contributed by atoms with E-state index in [0.29, 0.717) is 56.4 Å². The summed E-state index contributed by atoms with van der Waals surface area (Å²) in [7, 11) is 0. The van der Waals surface area contributed by atoms with Gasteiger partial charge in [-0.05, 0) is 55.4 Å². The molecule has 0 aromatic heterocycles. The number of thioether (sulfide) groups is 1. The maximum absolute atomic E-state index is 12.8. The molecule has 1 aromatic rings. The Balaban J connectivity index is 1.78. The van der Waals surface area contributed by atoms with Gasteiger partial charge in [-0.25, -0.2) is 0 Å². The number of ketones is 1. The highest BCUT2D eigenvalue weighted by molar-refractivity contribution is 7.99. The fourth-order valence-corrected chi connectivity index (χ4v) is 4.95. The number of amides is 2. The van der Waals surface area contributed by atoms with Crippen molar-refractivity contribution < 1.29 is 27.6 Å². The van der Waals surface area contributed by atoms with Crippen LogP contribution in [0.15, 0.2) is 30.3 Å². The molecule has 0 bridgehead atoms. The molecule has 1 aliphatic rings. The van der Waals surface area contributed by atoms with Crippen molar-refractivity contribution in [1.82, 2.24) is 15.5 Å². The van der Waals surface area contributed by atoms with Crippen LogP contribution in [0.5, 0.6) is 0 Å². The Hall–Kier alpha value is -2.07. The molecule has 1 saturated heterocycles. The summed E-state index contributed by atoms with van der Waals surface area (Å²) in [6, 6.07) is 9.62. The zero-order chi connectivity index (χ0) is 26.6. The van der Waals surface area contributed by atoms with Gasteiger partial charge < -0.3 is 15.5 Å². The number of hydrogen-bond acceptors (Lipinski definition) is 5. The molecule has 0 aliphatic carbocycles. The minimum Gasteiger partial charge on any atom is -0.353 e. The van der Waals surface area contributed by atoms with Crippen molar-refractivity contribution >= 4 is 29.4 Å². The first-order valence-corrected chi connectivity index (χ1v) is 13.7. The Labute approximate surface area is 216 Å². The lowest BCUT2D eigenvalue weighted by Crippen LogP contribution is -2.48. The fraction of sp³-hybridized carbons (Fsp3) is 0.654. The number of hydrogen-bond donors (Lipinski definition) is 2. The third-order valence-corrected chi connectivity index (χ3v) is 7.25.